The number of aromatic nitrogens is 2. The van der Waals surface area contributed by atoms with Gasteiger partial charge in [0.05, 0.1) is 11.8 Å². The minimum absolute atomic E-state index is 0.257. The van der Waals surface area contributed by atoms with E-state index in [1.807, 2.05) is 43.5 Å². The van der Waals surface area contributed by atoms with Crippen LogP contribution in [0.25, 0.3) is 5.69 Å². The van der Waals surface area contributed by atoms with Crippen LogP contribution in [-0.2, 0) is 0 Å². The Morgan fingerprint density at radius 2 is 2.06 bits per heavy atom. The average molecular weight is 232 g/mol. The molecule has 0 aliphatic heterocycles. The van der Waals surface area contributed by atoms with Crippen molar-refractivity contribution in [3.63, 3.8) is 0 Å². The van der Waals surface area contributed by atoms with Crippen LogP contribution in [0.4, 0.5) is 0 Å². The van der Waals surface area contributed by atoms with E-state index in [0.717, 1.165) is 11.3 Å². The molecule has 90 valence electrons. The van der Waals surface area contributed by atoms with Crippen molar-refractivity contribution in [2.75, 3.05) is 6.61 Å². The van der Waals surface area contributed by atoms with Crippen molar-refractivity contribution in [3.05, 3.63) is 42.1 Å². The number of benzene rings is 1. The van der Waals surface area contributed by atoms with Crippen molar-refractivity contribution in [2.24, 2.45) is 0 Å². The minimum atomic E-state index is -0.490. The molecule has 1 unspecified atom stereocenters. The predicted octanol–water partition coefficient (Wildman–Crippen LogP) is 1.94. The Kier molecular flexibility index (Phi) is 3.44. The molecule has 0 saturated heterocycles. The molecule has 0 amide bonds. The third-order valence-electron chi connectivity index (χ3n) is 2.33. The van der Waals surface area contributed by atoms with Gasteiger partial charge in [-0.1, -0.05) is 18.2 Å². The molecule has 2 rings (SSSR count). The van der Waals surface area contributed by atoms with Crippen molar-refractivity contribution in [2.45, 2.75) is 20.0 Å². The van der Waals surface area contributed by atoms with Crippen LogP contribution in [0.3, 0.4) is 0 Å². The van der Waals surface area contributed by atoms with Gasteiger partial charge in [0.25, 0.3) is 0 Å². The van der Waals surface area contributed by atoms with Crippen LogP contribution >= 0.6 is 0 Å². The number of rotatable bonds is 4. The lowest BCUT2D eigenvalue weighted by Gasteiger charge is -2.05. The van der Waals surface area contributed by atoms with E-state index in [-0.39, 0.29) is 6.61 Å². The molecule has 2 aromatic rings. The van der Waals surface area contributed by atoms with Crippen LogP contribution in [0.5, 0.6) is 5.88 Å². The largest absolute Gasteiger partial charge is 0.474 e. The van der Waals surface area contributed by atoms with E-state index >= 15 is 0 Å². The molecule has 0 aliphatic carbocycles. The quantitative estimate of drug-likeness (QED) is 0.876. The van der Waals surface area contributed by atoms with Crippen molar-refractivity contribution < 1.29 is 9.84 Å². The number of nitrogens with zero attached hydrogens (tertiary/aromatic N) is 2. The number of hydrogen-bond acceptors (Lipinski definition) is 3. The van der Waals surface area contributed by atoms with E-state index in [0.29, 0.717) is 5.88 Å². The van der Waals surface area contributed by atoms with Crippen LogP contribution in [0.2, 0.25) is 0 Å². The van der Waals surface area contributed by atoms with Crippen molar-refractivity contribution >= 4 is 0 Å². The Bertz CT molecular complexity index is 477. The van der Waals surface area contributed by atoms with Crippen LogP contribution in [0, 0.1) is 6.92 Å². The zero-order chi connectivity index (χ0) is 12.3. The summed E-state index contributed by atoms with van der Waals surface area (Å²) in [4.78, 5) is 0. The highest BCUT2D eigenvalue weighted by Crippen LogP contribution is 2.17. The first-order chi connectivity index (χ1) is 8.16. The lowest BCUT2D eigenvalue weighted by Crippen LogP contribution is -2.13. The number of hydrogen-bond donors (Lipinski definition) is 1. The number of aliphatic hydroxyl groups excluding tert-OH is 1. The maximum absolute atomic E-state index is 9.17. The average Bonchev–Trinajstić information content (AvgIpc) is 2.69. The molecule has 17 heavy (non-hydrogen) atoms. The molecule has 0 saturated carbocycles. The summed E-state index contributed by atoms with van der Waals surface area (Å²) < 4.78 is 7.19. The Hall–Kier alpha value is -1.81. The standard InChI is InChI=1S/C13H16N2O2/c1-10-8-15(12-6-4-3-5-7-12)14-13(10)17-9-11(2)16/h3-8,11,16H,9H2,1-2H3. The van der Waals surface area contributed by atoms with Gasteiger partial charge in [-0.25, -0.2) is 4.68 Å². The lowest BCUT2D eigenvalue weighted by molar-refractivity contribution is 0.119. The molecule has 1 aromatic carbocycles. The highest BCUT2D eigenvalue weighted by Gasteiger charge is 2.08. The van der Waals surface area contributed by atoms with Gasteiger partial charge in [-0.3, -0.25) is 0 Å². The third kappa shape index (κ3) is 2.85. The Morgan fingerprint density at radius 3 is 2.71 bits per heavy atom. The van der Waals surface area contributed by atoms with Gasteiger partial charge < -0.3 is 9.84 Å². The molecule has 0 fully saturated rings. The molecule has 4 nitrogen and oxygen atoms in total. The second-order valence-electron chi connectivity index (χ2n) is 4.06. The van der Waals surface area contributed by atoms with E-state index in [1.165, 1.54) is 0 Å². The summed E-state index contributed by atoms with van der Waals surface area (Å²) in [7, 11) is 0. The second kappa shape index (κ2) is 5.01. The Labute approximate surface area is 100 Å². The SMILES string of the molecule is Cc1cn(-c2ccccc2)nc1OCC(C)O. The molecule has 1 aromatic heterocycles. The van der Waals surface area contributed by atoms with Crippen LogP contribution < -0.4 is 4.74 Å². The summed E-state index contributed by atoms with van der Waals surface area (Å²) in [5.41, 5.74) is 1.94. The van der Waals surface area contributed by atoms with Gasteiger partial charge in [-0.05, 0) is 26.0 Å². The fourth-order valence-corrected chi connectivity index (χ4v) is 1.50. The van der Waals surface area contributed by atoms with E-state index < -0.39 is 6.10 Å². The van der Waals surface area contributed by atoms with E-state index in [1.54, 1.807) is 11.6 Å². The lowest BCUT2D eigenvalue weighted by atomic mass is 10.3. The van der Waals surface area contributed by atoms with Gasteiger partial charge in [0.2, 0.25) is 5.88 Å². The fraction of sp³-hybridized carbons (Fsp3) is 0.308. The summed E-state index contributed by atoms with van der Waals surface area (Å²) in [5, 5.41) is 13.5. The minimum Gasteiger partial charge on any atom is -0.474 e. The monoisotopic (exact) mass is 232 g/mol. The first-order valence-corrected chi connectivity index (χ1v) is 5.59. The highest BCUT2D eigenvalue weighted by atomic mass is 16.5. The van der Waals surface area contributed by atoms with Crippen molar-refractivity contribution in [1.29, 1.82) is 0 Å². The molecule has 1 heterocycles. The molecular formula is C13H16N2O2. The molecule has 1 atom stereocenters. The van der Waals surface area contributed by atoms with Gasteiger partial charge in [-0.2, -0.15) is 0 Å². The number of aryl methyl sites for hydroxylation is 1. The molecule has 1 N–H and O–H groups in total. The molecule has 0 bridgehead atoms. The van der Waals surface area contributed by atoms with Gasteiger partial charge in [0, 0.05) is 11.8 Å². The topological polar surface area (TPSA) is 47.3 Å². The summed E-state index contributed by atoms with van der Waals surface area (Å²) in [5.74, 6) is 0.565. The van der Waals surface area contributed by atoms with Crippen molar-refractivity contribution in [1.82, 2.24) is 9.78 Å². The van der Waals surface area contributed by atoms with E-state index in [2.05, 4.69) is 5.10 Å². The summed E-state index contributed by atoms with van der Waals surface area (Å²) in [6.45, 7) is 3.87. The Morgan fingerprint density at radius 1 is 1.35 bits per heavy atom. The number of ether oxygens (including phenoxy) is 1. The molecule has 0 aliphatic rings. The predicted molar refractivity (Wildman–Crippen MR) is 65.5 cm³/mol. The summed E-state index contributed by atoms with van der Waals surface area (Å²) in [6.07, 6.45) is 1.42. The van der Waals surface area contributed by atoms with Crippen LogP contribution in [0.15, 0.2) is 36.5 Å². The summed E-state index contributed by atoms with van der Waals surface area (Å²) in [6, 6.07) is 9.84. The maximum atomic E-state index is 9.17. The van der Waals surface area contributed by atoms with Gasteiger partial charge in [-0.15, -0.1) is 5.10 Å². The molecule has 0 spiro atoms. The van der Waals surface area contributed by atoms with Crippen LogP contribution in [0.1, 0.15) is 12.5 Å². The molecular weight excluding hydrogens is 216 g/mol. The highest BCUT2D eigenvalue weighted by molar-refractivity contribution is 5.33. The third-order valence-corrected chi connectivity index (χ3v) is 2.33. The van der Waals surface area contributed by atoms with E-state index in [9.17, 15) is 0 Å². The molecule has 0 radical (unpaired) electrons. The zero-order valence-electron chi connectivity index (χ0n) is 10.00. The Balaban J connectivity index is 2.19. The van der Waals surface area contributed by atoms with Gasteiger partial charge in [0.1, 0.15) is 6.61 Å². The van der Waals surface area contributed by atoms with Gasteiger partial charge in [0.15, 0.2) is 0 Å². The maximum Gasteiger partial charge on any atom is 0.236 e. The fourth-order valence-electron chi connectivity index (χ4n) is 1.50. The number of aliphatic hydroxyl groups is 1. The first kappa shape index (κ1) is 11.7. The smallest absolute Gasteiger partial charge is 0.236 e. The van der Waals surface area contributed by atoms with Gasteiger partial charge >= 0.3 is 0 Å². The molecule has 4 heteroatoms. The normalized spacial score (nSPS) is 12.4. The second-order valence-corrected chi connectivity index (χ2v) is 4.06. The van der Waals surface area contributed by atoms with Crippen molar-refractivity contribution in [3.8, 4) is 11.6 Å². The zero-order valence-corrected chi connectivity index (χ0v) is 10.00. The van der Waals surface area contributed by atoms with E-state index in [4.69, 9.17) is 9.84 Å². The van der Waals surface area contributed by atoms with Crippen LogP contribution in [-0.4, -0.2) is 27.6 Å². The number of para-hydroxylation sites is 1. The first-order valence-electron chi connectivity index (χ1n) is 5.59. The summed E-state index contributed by atoms with van der Waals surface area (Å²) >= 11 is 0.